The maximum atomic E-state index is 14.7. The summed E-state index contributed by atoms with van der Waals surface area (Å²) in [4.78, 5) is 17.6. The first kappa shape index (κ1) is 20.3. The van der Waals surface area contributed by atoms with E-state index in [9.17, 15) is 9.18 Å². The largest absolute Gasteiger partial charge is 0.386 e. The predicted octanol–water partition coefficient (Wildman–Crippen LogP) is 3.43. The van der Waals surface area contributed by atoms with Gasteiger partial charge in [-0.1, -0.05) is 61.5 Å². The fourth-order valence-electron chi connectivity index (χ4n) is 4.25. The van der Waals surface area contributed by atoms with E-state index in [1.807, 2.05) is 44.2 Å². The van der Waals surface area contributed by atoms with Crippen LogP contribution in [0.2, 0.25) is 0 Å². The zero-order valence-electron chi connectivity index (χ0n) is 17.4. The van der Waals surface area contributed by atoms with Crippen LogP contribution in [-0.2, 0) is 12.8 Å². The number of nitrogens with zero attached hydrogens (tertiary/aromatic N) is 2. The standard InChI is InChI=1S/C25H27FN3O/c1-3-16(2)29-15-28-22-14-21(26)24(27)20(23(22)25(29)30)13-17-8-7-11-19(12-17)18-9-5-4-6-10-18/h4-12,16,20-21,24H,3,13-14,27H2,1-2H3/q+1. The minimum absolute atomic E-state index is 0.0170. The number of aromatic nitrogens is 2. The second-order valence-electron chi connectivity index (χ2n) is 8.18. The molecule has 1 aliphatic carbocycles. The summed E-state index contributed by atoms with van der Waals surface area (Å²) in [6.07, 6.45) is 2.95. The topological polar surface area (TPSA) is 62.1 Å². The maximum absolute atomic E-state index is 14.7. The van der Waals surface area contributed by atoms with Gasteiger partial charge in [0.15, 0.2) is 0 Å². The van der Waals surface area contributed by atoms with Crippen LogP contribution in [0.1, 0.15) is 49.0 Å². The lowest BCUT2D eigenvalue weighted by Crippen LogP contribution is -2.48. The van der Waals surface area contributed by atoms with E-state index in [4.69, 9.17) is 5.73 Å². The van der Waals surface area contributed by atoms with Crippen molar-refractivity contribution in [2.45, 2.75) is 57.3 Å². The third-order valence-electron chi connectivity index (χ3n) is 6.22. The van der Waals surface area contributed by atoms with Crippen molar-refractivity contribution in [1.82, 2.24) is 4.57 Å². The SMILES string of the molecule is CCC(C)n1c#[n+]c2c(c1=O)C(Cc1cccc(-c3ccccc3)c1)C(N)C(F)C2. The van der Waals surface area contributed by atoms with E-state index in [-0.39, 0.29) is 18.0 Å². The molecule has 4 nitrogen and oxygen atoms in total. The Bertz CT molecular complexity index is 1080. The summed E-state index contributed by atoms with van der Waals surface area (Å²) in [5.41, 5.74) is 10.4. The fourth-order valence-corrected chi connectivity index (χ4v) is 4.25. The van der Waals surface area contributed by atoms with Crippen LogP contribution in [0.25, 0.3) is 11.1 Å². The van der Waals surface area contributed by atoms with Gasteiger partial charge < -0.3 is 5.73 Å². The Kier molecular flexibility index (Phi) is 5.69. The first-order valence-electron chi connectivity index (χ1n) is 10.6. The Balaban J connectivity index is 1.74. The molecule has 0 amide bonds. The lowest BCUT2D eigenvalue weighted by Gasteiger charge is -2.29. The zero-order valence-corrected chi connectivity index (χ0v) is 17.4. The molecule has 0 radical (unpaired) electrons. The van der Waals surface area contributed by atoms with Crippen LogP contribution >= 0.6 is 0 Å². The highest BCUT2D eigenvalue weighted by Crippen LogP contribution is 2.32. The third-order valence-corrected chi connectivity index (χ3v) is 6.22. The molecule has 154 valence electrons. The van der Waals surface area contributed by atoms with Crippen LogP contribution in [0.15, 0.2) is 59.4 Å². The smallest absolute Gasteiger partial charge is 0.325 e. The van der Waals surface area contributed by atoms with Gasteiger partial charge in [0.1, 0.15) is 17.8 Å². The molecule has 1 aromatic heterocycles. The molecule has 2 N–H and O–H groups in total. The van der Waals surface area contributed by atoms with Crippen molar-refractivity contribution in [3.8, 4) is 11.1 Å². The summed E-state index contributed by atoms with van der Waals surface area (Å²) in [5, 5.41) is 0. The quantitative estimate of drug-likeness (QED) is 0.709. The molecule has 5 heteroatoms. The molecule has 4 unspecified atom stereocenters. The van der Waals surface area contributed by atoms with Crippen LogP contribution in [0.4, 0.5) is 4.39 Å². The second kappa shape index (κ2) is 8.41. The predicted molar refractivity (Wildman–Crippen MR) is 115 cm³/mol. The monoisotopic (exact) mass is 404 g/mol. The molecule has 4 rings (SSSR count). The number of benzene rings is 2. The fraction of sp³-hybridized carbons (Fsp3) is 0.360. The number of fused-ring (bicyclic) bond motifs is 1. The van der Waals surface area contributed by atoms with Gasteiger partial charge in [-0.05, 0) is 36.5 Å². The van der Waals surface area contributed by atoms with E-state index in [1.54, 1.807) is 0 Å². The van der Waals surface area contributed by atoms with Crippen molar-refractivity contribution in [3.63, 3.8) is 0 Å². The molecule has 1 heterocycles. The first-order chi connectivity index (χ1) is 14.5. The lowest BCUT2D eigenvalue weighted by atomic mass is 9.78. The summed E-state index contributed by atoms with van der Waals surface area (Å²) in [6, 6.07) is 17.5. The molecule has 4 atom stereocenters. The van der Waals surface area contributed by atoms with Gasteiger partial charge in [-0.3, -0.25) is 0 Å². The maximum Gasteiger partial charge on any atom is 0.386 e. The lowest BCUT2D eigenvalue weighted by molar-refractivity contribution is -0.318. The number of hydrogen-bond donors (Lipinski definition) is 1. The van der Waals surface area contributed by atoms with E-state index in [0.29, 0.717) is 17.7 Å². The molecule has 1 aliphatic rings. The summed E-state index contributed by atoms with van der Waals surface area (Å²) in [7, 11) is 0. The number of nitrogens with two attached hydrogens (primary N) is 1. The molecule has 0 aliphatic heterocycles. The summed E-state index contributed by atoms with van der Waals surface area (Å²) in [6.45, 7) is 3.98. The van der Waals surface area contributed by atoms with Crippen LogP contribution in [-0.4, -0.2) is 16.8 Å². The molecule has 0 bridgehead atoms. The van der Waals surface area contributed by atoms with Crippen molar-refractivity contribution in [3.05, 3.63) is 88.1 Å². The van der Waals surface area contributed by atoms with Gasteiger partial charge in [0.2, 0.25) is 5.69 Å². The minimum atomic E-state index is -1.22. The molecule has 0 spiro atoms. The van der Waals surface area contributed by atoms with Gasteiger partial charge in [-0.15, -0.1) is 4.57 Å². The highest BCUT2D eigenvalue weighted by atomic mass is 19.1. The number of rotatable bonds is 5. The van der Waals surface area contributed by atoms with Gasteiger partial charge in [-0.2, -0.15) is 4.98 Å². The van der Waals surface area contributed by atoms with Crippen LogP contribution in [0.5, 0.6) is 0 Å². The van der Waals surface area contributed by atoms with E-state index in [0.717, 1.165) is 23.1 Å². The van der Waals surface area contributed by atoms with Crippen molar-refractivity contribution in [2.24, 2.45) is 5.73 Å². The Morgan fingerprint density at radius 1 is 1.20 bits per heavy atom. The molecule has 0 fully saturated rings. The van der Waals surface area contributed by atoms with E-state index < -0.39 is 18.1 Å². The van der Waals surface area contributed by atoms with Gasteiger partial charge in [0, 0.05) is 12.0 Å². The Morgan fingerprint density at radius 3 is 2.67 bits per heavy atom. The highest BCUT2D eigenvalue weighted by molar-refractivity contribution is 5.64. The van der Waals surface area contributed by atoms with E-state index >= 15 is 0 Å². The molecular weight excluding hydrogens is 377 g/mol. The van der Waals surface area contributed by atoms with Gasteiger partial charge >= 0.3 is 11.9 Å². The number of alkyl halides is 1. The van der Waals surface area contributed by atoms with Crippen molar-refractivity contribution < 1.29 is 9.37 Å². The van der Waals surface area contributed by atoms with Gasteiger partial charge in [0.05, 0.1) is 6.42 Å². The van der Waals surface area contributed by atoms with Gasteiger partial charge in [0.25, 0.3) is 0 Å². The zero-order chi connectivity index (χ0) is 21.3. The average molecular weight is 405 g/mol. The molecule has 3 aromatic rings. The summed E-state index contributed by atoms with van der Waals surface area (Å²) < 4.78 is 16.3. The molecule has 30 heavy (non-hydrogen) atoms. The van der Waals surface area contributed by atoms with E-state index in [2.05, 4.69) is 35.6 Å². The number of halogens is 1. The molecule has 2 aromatic carbocycles. The second-order valence-corrected chi connectivity index (χ2v) is 8.18. The summed E-state index contributed by atoms with van der Waals surface area (Å²) >= 11 is 0. The molecular formula is C25H27FN3O+. The highest BCUT2D eigenvalue weighted by Gasteiger charge is 2.41. The van der Waals surface area contributed by atoms with Crippen molar-refractivity contribution in [2.75, 3.05) is 0 Å². The Hall–Kier alpha value is -2.97. The van der Waals surface area contributed by atoms with Crippen LogP contribution < -0.4 is 16.3 Å². The van der Waals surface area contributed by atoms with Crippen LogP contribution in [0, 0.1) is 6.33 Å². The third kappa shape index (κ3) is 3.76. The molecule has 0 saturated carbocycles. The van der Waals surface area contributed by atoms with Crippen molar-refractivity contribution >= 4 is 0 Å². The van der Waals surface area contributed by atoms with Crippen molar-refractivity contribution in [1.29, 1.82) is 0 Å². The minimum Gasteiger partial charge on any atom is -0.325 e. The summed E-state index contributed by atoms with van der Waals surface area (Å²) in [5.74, 6) is -0.417. The number of hydrogen-bond acceptors (Lipinski definition) is 2. The normalized spacial score (nSPS) is 21.5. The first-order valence-corrected chi connectivity index (χ1v) is 10.6. The molecule has 0 saturated heterocycles. The Labute approximate surface area is 176 Å². The van der Waals surface area contributed by atoms with E-state index in [1.165, 1.54) is 4.57 Å². The van der Waals surface area contributed by atoms with Gasteiger partial charge in [-0.25, -0.2) is 9.18 Å². The Morgan fingerprint density at radius 2 is 1.93 bits per heavy atom. The van der Waals surface area contributed by atoms with Crippen LogP contribution in [0.3, 0.4) is 0 Å². The average Bonchev–Trinajstić information content (AvgIpc) is 2.77.